The maximum absolute atomic E-state index is 13.1. The third-order valence-electron chi connectivity index (χ3n) is 5.84. The van der Waals surface area contributed by atoms with Gasteiger partial charge in [0.2, 0.25) is 5.91 Å². The van der Waals surface area contributed by atoms with Crippen LogP contribution in [0.1, 0.15) is 31.4 Å². The molecule has 0 bridgehead atoms. The van der Waals surface area contributed by atoms with Crippen LogP contribution < -0.4 is 5.56 Å². The summed E-state index contributed by atoms with van der Waals surface area (Å²) in [5.41, 5.74) is 0.418. The lowest BCUT2D eigenvalue weighted by atomic mass is 9.99. The van der Waals surface area contributed by atoms with Crippen LogP contribution in [0.5, 0.6) is 0 Å². The van der Waals surface area contributed by atoms with Crippen LogP contribution in [0.15, 0.2) is 29.1 Å². The van der Waals surface area contributed by atoms with E-state index in [1.807, 2.05) is 30.0 Å². The molecule has 144 valence electrons. The van der Waals surface area contributed by atoms with Crippen LogP contribution in [0, 0.1) is 0 Å². The molecule has 4 rings (SSSR count). The quantitative estimate of drug-likeness (QED) is 0.882. The van der Waals surface area contributed by atoms with Crippen molar-refractivity contribution in [2.75, 3.05) is 39.4 Å². The fraction of sp³-hybridized carbons (Fsp3) is 0.550. The fourth-order valence-corrected chi connectivity index (χ4v) is 4.21. The molecule has 27 heavy (non-hydrogen) atoms. The summed E-state index contributed by atoms with van der Waals surface area (Å²) in [4.78, 5) is 29.5. The second-order valence-electron chi connectivity index (χ2n) is 7.41. The van der Waals surface area contributed by atoms with Gasteiger partial charge in [-0.2, -0.15) is 5.10 Å². The van der Waals surface area contributed by atoms with Crippen molar-refractivity contribution >= 4 is 16.7 Å². The number of rotatable bonds is 3. The van der Waals surface area contributed by atoms with Gasteiger partial charge < -0.3 is 9.64 Å². The van der Waals surface area contributed by atoms with Crippen molar-refractivity contribution in [1.29, 1.82) is 0 Å². The zero-order valence-electron chi connectivity index (χ0n) is 15.7. The molecular formula is C20H26N4O3. The van der Waals surface area contributed by atoms with Crippen molar-refractivity contribution < 1.29 is 9.53 Å². The number of carbonyl (C=O) groups is 1. The highest BCUT2D eigenvalue weighted by molar-refractivity contribution is 5.91. The molecule has 0 spiro atoms. The van der Waals surface area contributed by atoms with Gasteiger partial charge in [0, 0.05) is 50.8 Å². The van der Waals surface area contributed by atoms with E-state index in [0.29, 0.717) is 17.1 Å². The molecule has 0 saturated carbocycles. The molecule has 0 radical (unpaired) electrons. The van der Waals surface area contributed by atoms with Gasteiger partial charge >= 0.3 is 0 Å². The summed E-state index contributed by atoms with van der Waals surface area (Å²) in [6.07, 6.45) is 2.16. The van der Waals surface area contributed by atoms with Gasteiger partial charge in [0.15, 0.2) is 0 Å². The Morgan fingerprint density at radius 2 is 1.81 bits per heavy atom. The number of benzene rings is 1. The highest BCUT2D eigenvalue weighted by Crippen LogP contribution is 2.24. The minimum absolute atomic E-state index is 0.0753. The standard InChI is InChI=1S/C20H26N4O3/c1-14(18-16-4-2-3-5-17(16)19(25)22-21-18)20(26)24-10-8-23(9-11-24)15-6-12-27-13-7-15/h2-5,14-15H,6-13H2,1H3,(H,22,25). The Labute approximate surface area is 158 Å². The van der Waals surface area contributed by atoms with Crippen LogP contribution in [0.2, 0.25) is 0 Å². The molecule has 2 saturated heterocycles. The summed E-state index contributed by atoms with van der Waals surface area (Å²) < 4.78 is 5.45. The first-order chi connectivity index (χ1) is 13.1. The molecule has 1 amide bonds. The van der Waals surface area contributed by atoms with Crippen LogP contribution in [0.4, 0.5) is 0 Å². The zero-order chi connectivity index (χ0) is 18.8. The molecule has 2 aliphatic heterocycles. The zero-order valence-corrected chi connectivity index (χ0v) is 15.7. The van der Waals surface area contributed by atoms with E-state index in [9.17, 15) is 9.59 Å². The first-order valence-electron chi connectivity index (χ1n) is 9.73. The number of aromatic amines is 1. The molecule has 7 heteroatoms. The lowest BCUT2D eigenvalue weighted by molar-refractivity contribution is -0.134. The Morgan fingerprint density at radius 3 is 2.52 bits per heavy atom. The largest absolute Gasteiger partial charge is 0.381 e. The van der Waals surface area contributed by atoms with Gasteiger partial charge in [0.25, 0.3) is 5.56 Å². The van der Waals surface area contributed by atoms with E-state index >= 15 is 0 Å². The monoisotopic (exact) mass is 370 g/mol. The fourth-order valence-electron chi connectivity index (χ4n) is 4.21. The Hall–Kier alpha value is -2.25. The van der Waals surface area contributed by atoms with Crippen molar-refractivity contribution in [1.82, 2.24) is 20.0 Å². The Bertz CT molecular complexity index is 867. The van der Waals surface area contributed by atoms with E-state index in [-0.39, 0.29) is 17.4 Å². The molecule has 0 aliphatic carbocycles. The van der Waals surface area contributed by atoms with Crippen molar-refractivity contribution in [2.24, 2.45) is 0 Å². The predicted molar refractivity (Wildman–Crippen MR) is 103 cm³/mol. The summed E-state index contributed by atoms with van der Waals surface area (Å²) in [5.74, 6) is -0.312. The van der Waals surface area contributed by atoms with E-state index in [4.69, 9.17) is 4.74 Å². The lowest BCUT2D eigenvalue weighted by Gasteiger charge is -2.41. The summed E-state index contributed by atoms with van der Waals surface area (Å²) in [5, 5.41) is 8.06. The van der Waals surface area contributed by atoms with Gasteiger partial charge in [-0.15, -0.1) is 0 Å². The van der Waals surface area contributed by atoms with E-state index in [1.165, 1.54) is 0 Å². The number of fused-ring (bicyclic) bond motifs is 1. The van der Waals surface area contributed by atoms with Crippen LogP contribution in [-0.4, -0.2) is 71.3 Å². The van der Waals surface area contributed by atoms with E-state index in [0.717, 1.165) is 57.6 Å². The number of nitrogens with one attached hydrogen (secondary N) is 1. The van der Waals surface area contributed by atoms with Gasteiger partial charge in [0.1, 0.15) is 0 Å². The molecular weight excluding hydrogens is 344 g/mol. The third-order valence-corrected chi connectivity index (χ3v) is 5.84. The average molecular weight is 370 g/mol. The predicted octanol–water partition coefficient (Wildman–Crippen LogP) is 1.35. The van der Waals surface area contributed by atoms with Crippen molar-refractivity contribution in [3.05, 3.63) is 40.3 Å². The summed E-state index contributed by atoms with van der Waals surface area (Å²) in [6.45, 7) is 6.84. The van der Waals surface area contributed by atoms with Crippen LogP contribution in [0.25, 0.3) is 10.8 Å². The lowest BCUT2D eigenvalue weighted by Crippen LogP contribution is -2.53. The minimum Gasteiger partial charge on any atom is -0.381 e. The van der Waals surface area contributed by atoms with Crippen molar-refractivity contribution in [2.45, 2.75) is 31.7 Å². The minimum atomic E-state index is -0.388. The first kappa shape index (κ1) is 18.1. The molecule has 2 aliphatic rings. The van der Waals surface area contributed by atoms with Crippen molar-refractivity contribution in [3.63, 3.8) is 0 Å². The van der Waals surface area contributed by atoms with Gasteiger partial charge in [-0.25, -0.2) is 5.10 Å². The molecule has 2 aromatic rings. The molecule has 2 fully saturated rings. The Kier molecular flexibility index (Phi) is 5.22. The second-order valence-corrected chi connectivity index (χ2v) is 7.41. The van der Waals surface area contributed by atoms with E-state index < -0.39 is 0 Å². The highest BCUT2D eigenvalue weighted by atomic mass is 16.5. The normalized spacial score (nSPS) is 20.7. The molecule has 1 N–H and O–H groups in total. The first-order valence-corrected chi connectivity index (χ1v) is 9.73. The second kappa shape index (κ2) is 7.78. The third kappa shape index (κ3) is 3.61. The van der Waals surface area contributed by atoms with E-state index in [2.05, 4.69) is 15.1 Å². The number of nitrogens with zero attached hydrogens (tertiary/aromatic N) is 3. The number of ether oxygens (including phenoxy) is 1. The van der Waals surface area contributed by atoms with E-state index in [1.54, 1.807) is 6.07 Å². The van der Waals surface area contributed by atoms with Gasteiger partial charge in [-0.1, -0.05) is 18.2 Å². The number of H-pyrrole nitrogens is 1. The maximum atomic E-state index is 13.1. The van der Waals surface area contributed by atoms with Crippen LogP contribution in [-0.2, 0) is 9.53 Å². The molecule has 7 nitrogen and oxygen atoms in total. The number of hydrogen-bond donors (Lipinski definition) is 1. The maximum Gasteiger partial charge on any atom is 0.272 e. The van der Waals surface area contributed by atoms with Gasteiger partial charge in [-0.3, -0.25) is 14.5 Å². The van der Waals surface area contributed by atoms with Crippen LogP contribution >= 0.6 is 0 Å². The Balaban J connectivity index is 1.46. The molecule has 1 aromatic heterocycles. The number of piperazine rings is 1. The number of hydrogen-bond acceptors (Lipinski definition) is 5. The SMILES string of the molecule is CC(C(=O)N1CCN(C2CCOCC2)CC1)c1n[nH]c(=O)c2ccccc12. The molecule has 1 aromatic carbocycles. The van der Waals surface area contributed by atoms with Gasteiger partial charge in [0.05, 0.1) is 17.0 Å². The number of aromatic nitrogens is 2. The molecule has 1 unspecified atom stereocenters. The summed E-state index contributed by atoms with van der Waals surface area (Å²) >= 11 is 0. The highest BCUT2D eigenvalue weighted by Gasteiger charge is 2.30. The Morgan fingerprint density at radius 1 is 1.15 bits per heavy atom. The smallest absolute Gasteiger partial charge is 0.272 e. The number of amides is 1. The molecule has 3 heterocycles. The van der Waals surface area contributed by atoms with Crippen LogP contribution in [0.3, 0.4) is 0 Å². The topological polar surface area (TPSA) is 78.5 Å². The summed E-state index contributed by atoms with van der Waals surface area (Å²) in [6, 6.07) is 7.90. The van der Waals surface area contributed by atoms with Crippen molar-refractivity contribution in [3.8, 4) is 0 Å². The number of carbonyl (C=O) groups excluding carboxylic acids is 1. The molecule has 1 atom stereocenters. The summed E-state index contributed by atoms with van der Waals surface area (Å²) in [7, 11) is 0. The van der Waals surface area contributed by atoms with Gasteiger partial charge in [-0.05, 0) is 25.8 Å². The average Bonchev–Trinajstić information content (AvgIpc) is 2.74.